The number of hydrogen-bond acceptors (Lipinski definition) is 9. The summed E-state index contributed by atoms with van der Waals surface area (Å²) in [7, 11) is 0. The van der Waals surface area contributed by atoms with Crippen LogP contribution in [0.2, 0.25) is 0 Å². The van der Waals surface area contributed by atoms with Crippen molar-refractivity contribution in [2.45, 2.75) is 64.7 Å². The third kappa shape index (κ3) is 4.87. The minimum atomic E-state index is -0.693. The molecule has 198 valence electrons. The van der Waals surface area contributed by atoms with E-state index in [2.05, 4.69) is 47.9 Å². The fourth-order valence-electron chi connectivity index (χ4n) is 5.46. The topological polar surface area (TPSA) is 101 Å². The number of nitrogens with zero attached hydrogens (tertiary/aromatic N) is 3. The van der Waals surface area contributed by atoms with Gasteiger partial charge in [-0.1, -0.05) is 42.0 Å². The number of hydrogen-bond donors (Lipinski definition) is 3. The molecule has 0 spiro atoms. The van der Waals surface area contributed by atoms with Crippen LogP contribution in [0, 0.1) is 19.8 Å². The van der Waals surface area contributed by atoms with Gasteiger partial charge in [-0.25, -0.2) is 9.97 Å². The molecule has 2 aliphatic rings. The van der Waals surface area contributed by atoms with Gasteiger partial charge in [0.25, 0.3) is 0 Å². The van der Waals surface area contributed by atoms with E-state index in [1.807, 2.05) is 39.0 Å². The lowest BCUT2D eigenvalue weighted by Crippen LogP contribution is -2.35. The first-order valence-corrected chi connectivity index (χ1v) is 13.9. The fraction of sp³-hybridized carbons (Fsp3) is 0.414. The van der Waals surface area contributed by atoms with E-state index >= 15 is 0 Å². The molecule has 0 amide bonds. The first-order valence-electron chi connectivity index (χ1n) is 13.1. The van der Waals surface area contributed by atoms with Gasteiger partial charge in [-0.15, -0.1) is 11.3 Å². The SMILES string of the molecule is Cc1ccc(CNc2nc(C)c(-c3nc4ccccc4s3)c(N[C@@H]3C[C@H](CO)[C@H]4OC(C)(C)O[C@H]43)n2)cc1. The van der Waals surface area contributed by atoms with Crippen molar-refractivity contribution >= 4 is 33.3 Å². The van der Waals surface area contributed by atoms with Crippen LogP contribution in [-0.4, -0.2) is 50.7 Å². The van der Waals surface area contributed by atoms with Gasteiger partial charge in [0.2, 0.25) is 5.95 Å². The number of aliphatic hydroxyl groups is 1. The average Bonchev–Trinajstić information content (AvgIpc) is 3.54. The van der Waals surface area contributed by atoms with Gasteiger partial charge in [-0.3, -0.25) is 0 Å². The Morgan fingerprint density at radius 3 is 2.53 bits per heavy atom. The maximum Gasteiger partial charge on any atom is 0.225 e. The molecular formula is C29H33N5O3S. The Bertz CT molecular complexity index is 1420. The van der Waals surface area contributed by atoms with Crippen LogP contribution in [0.25, 0.3) is 20.8 Å². The van der Waals surface area contributed by atoms with E-state index in [9.17, 15) is 5.11 Å². The molecule has 0 radical (unpaired) electrons. The van der Waals surface area contributed by atoms with Gasteiger partial charge >= 0.3 is 0 Å². The molecule has 4 aromatic rings. The third-order valence-corrected chi connectivity index (χ3v) is 8.36. The van der Waals surface area contributed by atoms with Crippen LogP contribution < -0.4 is 10.6 Å². The minimum Gasteiger partial charge on any atom is -0.396 e. The summed E-state index contributed by atoms with van der Waals surface area (Å²) >= 11 is 1.63. The van der Waals surface area contributed by atoms with E-state index in [0.717, 1.165) is 38.5 Å². The Labute approximate surface area is 226 Å². The number of aliphatic hydroxyl groups excluding tert-OH is 1. The molecule has 38 heavy (non-hydrogen) atoms. The normalized spacial score (nSPS) is 24.0. The molecule has 2 fully saturated rings. The van der Waals surface area contributed by atoms with Gasteiger partial charge in [-0.2, -0.15) is 4.98 Å². The third-order valence-electron chi connectivity index (χ3n) is 7.31. The number of fused-ring (bicyclic) bond motifs is 2. The van der Waals surface area contributed by atoms with Gasteiger partial charge in [-0.05, 0) is 51.8 Å². The lowest BCUT2D eigenvalue weighted by Gasteiger charge is -2.25. The fourth-order valence-corrected chi connectivity index (χ4v) is 6.52. The summed E-state index contributed by atoms with van der Waals surface area (Å²) in [5.74, 6) is 0.555. The molecule has 1 aliphatic heterocycles. The quantitative estimate of drug-likeness (QED) is 0.296. The number of thiazole rings is 1. The summed E-state index contributed by atoms with van der Waals surface area (Å²) in [6.45, 7) is 8.59. The molecule has 1 saturated carbocycles. The highest BCUT2D eigenvalue weighted by molar-refractivity contribution is 7.21. The predicted octanol–water partition coefficient (Wildman–Crippen LogP) is 5.30. The first kappa shape index (κ1) is 25.2. The maximum atomic E-state index is 10.1. The summed E-state index contributed by atoms with van der Waals surface area (Å²) in [6.07, 6.45) is 0.362. The molecule has 4 atom stereocenters. The summed E-state index contributed by atoms with van der Waals surface area (Å²) in [4.78, 5) is 14.7. The molecule has 8 nitrogen and oxygen atoms in total. The number of nitrogens with one attached hydrogen (secondary N) is 2. The standard InChI is InChI=1S/C29H33N5O3S/c1-16-9-11-18(12-10-16)14-30-28-31-17(2)23(27-33-20-7-5-6-8-22(20)38-27)26(34-28)32-21-13-19(15-35)24-25(21)37-29(3,4)36-24/h5-12,19,21,24-25,35H,13-15H2,1-4H3,(H2,30,31,32,34)/t19-,21-,24-,25+/m1/s1. The highest BCUT2D eigenvalue weighted by atomic mass is 32.1. The molecule has 9 heteroatoms. The second kappa shape index (κ2) is 9.89. The zero-order chi connectivity index (χ0) is 26.4. The van der Waals surface area contributed by atoms with E-state index in [1.54, 1.807) is 11.3 Å². The summed E-state index contributed by atoms with van der Waals surface area (Å²) in [6, 6.07) is 16.5. The van der Waals surface area contributed by atoms with E-state index in [1.165, 1.54) is 5.56 Å². The Hall–Kier alpha value is -3.11. The molecule has 1 aliphatic carbocycles. The van der Waals surface area contributed by atoms with Crippen LogP contribution in [0.3, 0.4) is 0 Å². The van der Waals surface area contributed by atoms with Gasteiger partial charge in [0.1, 0.15) is 16.9 Å². The molecule has 0 unspecified atom stereocenters. The Morgan fingerprint density at radius 1 is 1.00 bits per heavy atom. The molecule has 0 bridgehead atoms. The number of aromatic nitrogens is 3. The zero-order valence-corrected chi connectivity index (χ0v) is 22.9. The number of anilines is 2. The molecule has 2 aromatic carbocycles. The number of rotatable bonds is 7. The number of aryl methyl sites for hydroxylation is 2. The van der Waals surface area contributed by atoms with Gasteiger partial charge < -0.3 is 25.2 Å². The molecule has 2 aromatic heterocycles. The van der Waals surface area contributed by atoms with Crippen molar-refractivity contribution in [1.82, 2.24) is 15.0 Å². The van der Waals surface area contributed by atoms with Crippen LogP contribution >= 0.6 is 11.3 Å². The van der Waals surface area contributed by atoms with Crippen LogP contribution in [0.5, 0.6) is 0 Å². The summed E-state index contributed by atoms with van der Waals surface area (Å²) in [5, 5.41) is 18.0. The molecular weight excluding hydrogens is 498 g/mol. The van der Waals surface area contributed by atoms with Crippen molar-refractivity contribution in [3.05, 3.63) is 65.4 Å². The van der Waals surface area contributed by atoms with Gasteiger partial charge in [0.05, 0.1) is 33.6 Å². The van der Waals surface area contributed by atoms with E-state index in [-0.39, 0.29) is 30.8 Å². The minimum absolute atomic E-state index is 0.00718. The Kier molecular flexibility index (Phi) is 6.55. The second-order valence-corrected chi connectivity index (χ2v) is 11.7. The largest absolute Gasteiger partial charge is 0.396 e. The molecule has 3 N–H and O–H groups in total. The van der Waals surface area contributed by atoms with Crippen molar-refractivity contribution in [3.8, 4) is 10.6 Å². The highest BCUT2D eigenvalue weighted by Crippen LogP contribution is 2.44. The number of ether oxygens (including phenoxy) is 2. The number of para-hydroxylation sites is 1. The van der Waals surface area contributed by atoms with Crippen LogP contribution in [0.1, 0.15) is 37.1 Å². The Balaban J connectivity index is 1.36. The van der Waals surface area contributed by atoms with E-state index in [0.29, 0.717) is 18.3 Å². The van der Waals surface area contributed by atoms with E-state index < -0.39 is 5.79 Å². The lowest BCUT2D eigenvalue weighted by atomic mass is 10.1. The van der Waals surface area contributed by atoms with Crippen molar-refractivity contribution in [3.63, 3.8) is 0 Å². The highest BCUT2D eigenvalue weighted by Gasteiger charge is 2.54. The van der Waals surface area contributed by atoms with Crippen molar-refractivity contribution in [2.24, 2.45) is 5.92 Å². The lowest BCUT2D eigenvalue weighted by molar-refractivity contribution is -0.158. The smallest absolute Gasteiger partial charge is 0.225 e. The molecule has 3 heterocycles. The summed E-state index contributed by atoms with van der Waals surface area (Å²) in [5.41, 5.74) is 5.06. The van der Waals surface area contributed by atoms with E-state index in [4.69, 9.17) is 24.4 Å². The Morgan fingerprint density at radius 2 is 1.76 bits per heavy atom. The van der Waals surface area contributed by atoms with Gasteiger partial charge in [0, 0.05) is 19.1 Å². The maximum absolute atomic E-state index is 10.1. The first-order chi connectivity index (χ1) is 18.3. The summed E-state index contributed by atoms with van der Waals surface area (Å²) < 4.78 is 13.6. The molecule has 1 saturated heterocycles. The van der Waals surface area contributed by atoms with Gasteiger partial charge in [0.15, 0.2) is 5.79 Å². The van der Waals surface area contributed by atoms with Crippen LogP contribution in [0.4, 0.5) is 11.8 Å². The van der Waals surface area contributed by atoms with Crippen LogP contribution in [0.15, 0.2) is 48.5 Å². The number of benzene rings is 2. The van der Waals surface area contributed by atoms with Crippen molar-refractivity contribution < 1.29 is 14.6 Å². The second-order valence-electron chi connectivity index (χ2n) is 10.7. The monoisotopic (exact) mass is 531 g/mol. The average molecular weight is 532 g/mol. The predicted molar refractivity (Wildman–Crippen MR) is 150 cm³/mol. The zero-order valence-electron chi connectivity index (χ0n) is 22.1. The molecule has 6 rings (SSSR count). The van der Waals surface area contributed by atoms with Crippen LogP contribution in [-0.2, 0) is 16.0 Å². The van der Waals surface area contributed by atoms with Crippen molar-refractivity contribution in [2.75, 3.05) is 17.2 Å². The van der Waals surface area contributed by atoms with Crippen molar-refractivity contribution in [1.29, 1.82) is 0 Å².